The van der Waals surface area contributed by atoms with Crippen LogP contribution in [-0.2, 0) is 25.5 Å². The summed E-state index contributed by atoms with van der Waals surface area (Å²) in [5, 5.41) is 6.09. The van der Waals surface area contributed by atoms with Crippen LogP contribution in [0, 0.1) is 17.8 Å². The van der Waals surface area contributed by atoms with Gasteiger partial charge in [-0.15, -0.1) is 0 Å². The molecule has 0 radical (unpaired) electrons. The number of anilines is 2. The van der Waals surface area contributed by atoms with Gasteiger partial charge in [0, 0.05) is 87.8 Å². The number of sulfonamides is 1. The molecule has 0 atom stereocenters. The van der Waals surface area contributed by atoms with Crippen molar-refractivity contribution in [3.05, 3.63) is 47.1 Å². The Morgan fingerprint density at radius 1 is 1.02 bits per heavy atom. The first-order valence-electron chi connectivity index (χ1n) is 15.7. The summed E-state index contributed by atoms with van der Waals surface area (Å²) in [5.41, 5.74) is 0.464. The van der Waals surface area contributed by atoms with Crippen molar-refractivity contribution < 1.29 is 26.8 Å². The zero-order valence-corrected chi connectivity index (χ0v) is 26.6. The number of hydrogen-bond acceptors (Lipinski definition) is 7. The normalized spacial score (nSPS) is 23.7. The van der Waals surface area contributed by atoms with Crippen LogP contribution >= 0.6 is 11.6 Å². The predicted octanol–water partition coefficient (Wildman–Crippen LogP) is 3.61. The lowest BCUT2D eigenvalue weighted by molar-refractivity contribution is -0.129. The molecule has 244 valence electrons. The van der Waals surface area contributed by atoms with Gasteiger partial charge in [0.2, 0.25) is 21.8 Å². The highest BCUT2D eigenvalue weighted by Crippen LogP contribution is 2.46. The molecule has 4 fully saturated rings. The number of carbonyl (C=O) groups excluding carboxylic acids is 2. The molecule has 45 heavy (non-hydrogen) atoms. The lowest BCUT2D eigenvalue weighted by Gasteiger charge is -2.36. The largest absolute Gasteiger partial charge is 0.355 e. The van der Waals surface area contributed by atoms with Crippen molar-refractivity contribution in [3.8, 4) is 0 Å². The van der Waals surface area contributed by atoms with Crippen molar-refractivity contribution in [1.29, 1.82) is 0 Å². The molecule has 1 saturated carbocycles. The van der Waals surface area contributed by atoms with Gasteiger partial charge in [-0.3, -0.25) is 9.59 Å². The van der Waals surface area contributed by atoms with Crippen LogP contribution in [0.15, 0.2) is 41.3 Å². The van der Waals surface area contributed by atoms with Crippen LogP contribution < -0.4 is 20.4 Å². The highest BCUT2D eigenvalue weighted by molar-refractivity contribution is 7.89. The smallest absolute Gasteiger partial charge is 0.276 e. The van der Waals surface area contributed by atoms with Gasteiger partial charge in [-0.2, -0.15) is 4.31 Å². The number of aromatic nitrogens is 1. The number of piperazine rings is 1. The van der Waals surface area contributed by atoms with E-state index in [1.807, 2.05) is 0 Å². The van der Waals surface area contributed by atoms with E-state index in [1.165, 1.54) is 28.6 Å². The number of hydrogen-bond donors (Lipinski definition) is 2. The Labute approximate surface area is 267 Å². The van der Waals surface area contributed by atoms with Gasteiger partial charge < -0.3 is 20.4 Å². The molecule has 14 heteroatoms. The highest BCUT2D eigenvalue weighted by Gasteiger charge is 2.44. The van der Waals surface area contributed by atoms with Gasteiger partial charge in [-0.1, -0.05) is 11.6 Å². The van der Waals surface area contributed by atoms with Gasteiger partial charge in [0.15, 0.2) is 0 Å². The Morgan fingerprint density at radius 2 is 1.71 bits per heavy atom. The van der Waals surface area contributed by atoms with Gasteiger partial charge in [0.05, 0.1) is 4.90 Å². The van der Waals surface area contributed by atoms with E-state index < -0.39 is 21.9 Å². The summed E-state index contributed by atoms with van der Waals surface area (Å²) in [5.74, 6) is -3.61. The van der Waals surface area contributed by atoms with E-state index in [2.05, 4.69) is 15.6 Å². The molecule has 2 aromatic rings. The Kier molecular flexibility index (Phi) is 9.33. The number of benzene rings is 1. The molecule has 0 spiro atoms. The summed E-state index contributed by atoms with van der Waals surface area (Å²) in [6, 6.07) is 8.90. The topological polar surface area (TPSA) is 115 Å². The van der Waals surface area contributed by atoms with E-state index in [0.29, 0.717) is 44.0 Å². The fraction of sp³-hybridized carbons (Fsp3) is 0.581. The number of halogens is 3. The van der Waals surface area contributed by atoms with Crippen LogP contribution in [0.25, 0.3) is 0 Å². The first kappa shape index (κ1) is 32.1. The molecule has 4 aliphatic rings. The van der Waals surface area contributed by atoms with Gasteiger partial charge in [-0.25, -0.2) is 22.2 Å². The molecule has 1 aliphatic carbocycles. The Balaban J connectivity index is 1.06. The molecule has 3 aliphatic heterocycles. The fourth-order valence-corrected chi connectivity index (χ4v) is 8.33. The lowest BCUT2D eigenvalue weighted by atomic mass is 9.77. The van der Waals surface area contributed by atoms with E-state index in [-0.39, 0.29) is 78.2 Å². The molecule has 1 aromatic heterocycles. The van der Waals surface area contributed by atoms with Crippen LogP contribution in [0.1, 0.15) is 44.1 Å². The molecule has 0 bridgehead atoms. The second-order valence-corrected chi connectivity index (χ2v) is 14.8. The third-order valence-electron chi connectivity index (χ3n) is 9.63. The van der Waals surface area contributed by atoms with Crippen molar-refractivity contribution in [3.63, 3.8) is 0 Å². The predicted molar refractivity (Wildman–Crippen MR) is 167 cm³/mol. The van der Waals surface area contributed by atoms with Crippen LogP contribution in [0.2, 0.25) is 5.15 Å². The number of rotatable bonds is 9. The van der Waals surface area contributed by atoms with E-state index in [9.17, 15) is 18.0 Å². The maximum Gasteiger partial charge on any atom is 0.276 e. The third-order valence-corrected chi connectivity index (χ3v) is 11.7. The minimum absolute atomic E-state index is 0.0293. The molecule has 1 aromatic carbocycles. The van der Waals surface area contributed by atoms with Crippen molar-refractivity contribution in [2.45, 2.75) is 49.3 Å². The zero-order chi connectivity index (χ0) is 31.8. The molecule has 6 rings (SSSR count). The molecule has 2 amide bonds. The van der Waals surface area contributed by atoms with Crippen LogP contribution in [0.5, 0.6) is 0 Å². The van der Waals surface area contributed by atoms with Crippen molar-refractivity contribution in [1.82, 2.24) is 19.9 Å². The van der Waals surface area contributed by atoms with Crippen molar-refractivity contribution >= 4 is 44.9 Å². The number of carbonyl (C=O) groups is 2. The van der Waals surface area contributed by atoms with Gasteiger partial charge >= 0.3 is 0 Å². The van der Waals surface area contributed by atoms with Crippen molar-refractivity contribution in [2.75, 3.05) is 62.2 Å². The lowest BCUT2D eigenvalue weighted by Crippen LogP contribution is -2.49. The van der Waals surface area contributed by atoms with Crippen LogP contribution in [0.3, 0.4) is 0 Å². The Bertz CT molecular complexity index is 1510. The Morgan fingerprint density at radius 3 is 2.31 bits per heavy atom. The van der Waals surface area contributed by atoms with E-state index >= 15 is 8.78 Å². The second-order valence-electron chi connectivity index (χ2n) is 12.5. The van der Waals surface area contributed by atoms with E-state index in [4.69, 9.17) is 11.6 Å². The summed E-state index contributed by atoms with van der Waals surface area (Å²) >= 11 is 6.25. The van der Waals surface area contributed by atoms with Gasteiger partial charge in [0.25, 0.3) is 5.92 Å². The number of alkyl halides is 2. The molecule has 2 N–H and O–H groups in total. The number of amides is 2. The molecule has 10 nitrogen and oxygen atoms in total. The minimum atomic E-state index is -3.79. The van der Waals surface area contributed by atoms with Gasteiger partial charge in [0.1, 0.15) is 11.0 Å². The molecule has 3 saturated heterocycles. The maximum atomic E-state index is 15.8. The summed E-state index contributed by atoms with van der Waals surface area (Å²) in [6.07, 6.45) is 2.56. The van der Waals surface area contributed by atoms with E-state index in [1.54, 1.807) is 21.9 Å². The third kappa shape index (κ3) is 6.81. The standard InChI is InChI=1S/C31H39ClF2N6O4S/c32-27-16-24(31(33,34)23-5-3-22(4-6-23)30(42)36-20-21-18-35-19-21)17-28(37-27)38-12-14-39(15-13-38)45(43,44)26-9-7-25(8-10-26)40-11-1-2-29(40)41/h7-10,16-17,21-23,35H,1-6,11-15,18-20H2,(H,36,42). The quantitative estimate of drug-likeness (QED) is 0.394. The van der Waals surface area contributed by atoms with Crippen LogP contribution in [-0.4, -0.2) is 81.9 Å². The second kappa shape index (κ2) is 13.1. The molecule has 0 unspecified atom stereocenters. The first-order chi connectivity index (χ1) is 21.5. The van der Waals surface area contributed by atoms with Crippen molar-refractivity contribution in [2.24, 2.45) is 17.8 Å². The average molecular weight is 665 g/mol. The zero-order valence-electron chi connectivity index (χ0n) is 25.1. The molecular weight excluding hydrogens is 626 g/mol. The minimum Gasteiger partial charge on any atom is -0.355 e. The summed E-state index contributed by atoms with van der Waals surface area (Å²) in [6.45, 7) is 3.85. The van der Waals surface area contributed by atoms with E-state index in [0.717, 1.165) is 19.5 Å². The monoisotopic (exact) mass is 664 g/mol. The first-order valence-corrected chi connectivity index (χ1v) is 17.5. The number of pyridine rings is 1. The number of nitrogens with one attached hydrogen (secondary N) is 2. The number of nitrogens with zero attached hydrogens (tertiary/aromatic N) is 4. The molecule has 4 heterocycles. The highest BCUT2D eigenvalue weighted by atomic mass is 35.5. The Hall–Kier alpha value is -2.87. The summed E-state index contributed by atoms with van der Waals surface area (Å²) in [7, 11) is -3.79. The summed E-state index contributed by atoms with van der Waals surface area (Å²) < 4.78 is 59.8. The maximum absolute atomic E-state index is 15.8. The fourth-order valence-electron chi connectivity index (χ4n) is 6.70. The summed E-state index contributed by atoms with van der Waals surface area (Å²) in [4.78, 5) is 32.5. The SMILES string of the molecule is O=C(NCC1CNC1)C1CCC(C(F)(F)c2cc(Cl)nc(N3CCN(S(=O)(=O)c4ccc(N5CCCC5=O)cc4)CC3)c2)CC1. The van der Waals surface area contributed by atoms with Gasteiger partial charge in [-0.05, 0) is 68.5 Å². The average Bonchev–Trinajstić information content (AvgIpc) is 3.45. The molecular formula is C31H39ClF2N6O4S. The van der Waals surface area contributed by atoms with Crippen LogP contribution in [0.4, 0.5) is 20.3 Å².